The van der Waals surface area contributed by atoms with E-state index in [1.165, 1.54) is 6.39 Å². The first kappa shape index (κ1) is 11.3. The molecule has 1 amide bonds. The van der Waals surface area contributed by atoms with Gasteiger partial charge in [0.15, 0.2) is 12.2 Å². The summed E-state index contributed by atoms with van der Waals surface area (Å²) in [5, 5.41) is 0.0975. The molecule has 2 aromatic rings. The molecule has 0 aliphatic carbocycles. The molecule has 0 spiro atoms. The third-order valence-corrected chi connectivity index (χ3v) is 3.34. The lowest BCUT2D eigenvalue weighted by Crippen LogP contribution is -2.25. The Bertz CT molecular complexity index is 568. The second-order valence-electron chi connectivity index (χ2n) is 4.25. The summed E-state index contributed by atoms with van der Waals surface area (Å²) in [4.78, 5) is 17.6. The molecule has 1 fully saturated rings. The molecule has 4 nitrogen and oxygen atoms in total. The first-order valence-corrected chi connectivity index (χ1v) is 6.23. The molecule has 1 aliphatic rings. The van der Waals surface area contributed by atoms with E-state index in [9.17, 15) is 4.79 Å². The van der Waals surface area contributed by atoms with Crippen molar-refractivity contribution in [1.82, 2.24) is 4.98 Å². The van der Waals surface area contributed by atoms with Gasteiger partial charge in [-0.05, 0) is 12.1 Å². The van der Waals surface area contributed by atoms with Crippen LogP contribution in [0.1, 0.15) is 6.42 Å². The number of amides is 1. The van der Waals surface area contributed by atoms with Crippen molar-refractivity contribution < 1.29 is 9.21 Å². The third-order valence-electron chi connectivity index (χ3n) is 3.00. The van der Waals surface area contributed by atoms with Crippen LogP contribution >= 0.6 is 12.6 Å². The van der Waals surface area contributed by atoms with Crippen molar-refractivity contribution in [3.8, 4) is 11.3 Å². The molecule has 0 N–H and O–H groups in total. The van der Waals surface area contributed by atoms with Crippen molar-refractivity contribution in [2.45, 2.75) is 11.7 Å². The Labute approximate surface area is 110 Å². The van der Waals surface area contributed by atoms with Gasteiger partial charge in [0, 0.05) is 23.8 Å². The Morgan fingerprint density at radius 2 is 2.22 bits per heavy atom. The highest BCUT2D eigenvalue weighted by Gasteiger charge is 2.30. The van der Waals surface area contributed by atoms with Crippen molar-refractivity contribution in [2.24, 2.45) is 0 Å². The van der Waals surface area contributed by atoms with Crippen molar-refractivity contribution in [3.63, 3.8) is 0 Å². The van der Waals surface area contributed by atoms with Gasteiger partial charge in [-0.1, -0.05) is 12.1 Å². The molecule has 1 aliphatic heterocycles. The van der Waals surface area contributed by atoms with Gasteiger partial charge in [0.25, 0.3) is 0 Å². The molecule has 0 radical (unpaired) electrons. The fourth-order valence-corrected chi connectivity index (χ4v) is 2.51. The predicted molar refractivity (Wildman–Crippen MR) is 71.7 cm³/mol. The number of benzene rings is 1. The number of carbonyl (C=O) groups is 1. The Hall–Kier alpha value is -1.75. The van der Waals surface area contributed by atoms with Crippen LogP contribution in [0.4, 0.5) is 5.69 Å². The number of anilines is 1. The van der Waals surface area contributed by atoms with E-state index in [4.69, 9.17) is 4.42 Å². The van der Waals surface area contributed by atoms with E-state index in [2.05, 4.69) is 17.6 Å². The summed E-state index contributed by atoms with van der Waals surface area (Å²) >= 11 is 4.37. The normalized spacial score (nSPS) is 19.5. The summed E-state index contributed by atoms with van der Waals surface area (Å²) in [5.74, 6) is 0.767. The Morgan fingerprint density at radius 1 is 1.39 bits per heavy atom. The number of hydrogen-bond acceptors (Lipinski definition) is 4. The van der Waals surface area contributed by atoms with E-state index in [1.54, 1.807) is 11.1 Å². The number of carbonyl (C=O) groups excluding carboxylic acids is 1. The van der Waals surface area contributed by atoms with Crippen molar-refractivity contribution in [1.29, 1.82) is 0 Å². The molecule has 0 saturated carbocycles. The quantitative estimate of drug-likeness (QED) is 0.843. The summed E-state index contributed by atoms with van der Waals surface area (Å²) in [7, 11) is 0. The van der Waals surface area contributed by atoms with Gasteiger partial charge in [-0.2, -0.15) is 12.6 Å². The first-order chi connectivity index (χ1) is 8.75. The van der Waals surface area contributed by atoms with Crippen LogP contribution in [-0.2, 0) is 4.79 Å². The number of oxazole rings is 1. The number of rotatable bonds is 2. The lowest BCUT2D eigenvalue weighted by atomic mass is 10.1. The second kappa shape index (κ2) is 4.49. The van der Waals surface area contributed by atoms with Crippen LogP contribution in [-0.4, -0.2) is 22.7 Å². The summed E-state index contributed by atoms with van der Waals surface area (Å²) < 4.78 is 5.31. The van der Waals surface area contributed by atoms with Crippen LogP contribution in [0.3, 0.4) is 0 Å². The molecule has 0 bridgehead atoms. The minimum absolute atomic E-state index is 0.0975. The molecular formula is C13H12N2O2S. The number of hydrogen-bond donors (Lipinski definition) is 1. The molecule has 2 heterocycles. The topological polar surface area (TPSA) is 46.3 Å². The highest BCUT2D eigenvalue weighted by atomic mass is 32.1. The maximum atomic E-state index is 11.9. The summed E-state index contributed by atoms with van der Waals surface area (Å²) in [6.07, 6.45) is 3.52. The Morgan fingerprint density at radius 3 is 2.89 bits per heavy atom. The Balaban J connectivity index is 2.05. The van der Waals surface area contributed by atoms with E-state index in [-0.39, 0.29) is 11.2 Å². The first-order valence-electron chi connectivity index (χ1n) is 5.72. The van der Waals surface area contributed by atoms with Crippen molar-refractivity contribution in [3.05, 3.63) is 36.9 Å². The third kappa shape index (κ3) is 1.90. The lowest BCUT2D eigenvalue weighted by Gasteiger charge is -2.18. The van der Waals surface area contributed by atoms with Crippen LogP contribution in [0, 0.1) is 0 Å². The maximum Gasteiger partial charge on any atom is 0.228 e. The average Bonchev–Trinajstić information content (AvgIpc) is 2.99. The molecular weight excluding hydrogens is 248 g/mol. The fourth-order valence-electron chi connectivity index (χ4n) is 2.19. The average molecular weight is 260 g/mol. The van der Waals surface area contributed by atoms with Gasteiger partial charge in [0.1, 0.15) is 0 Å². The van der Waals surface area contributed by atoms with E-state index >= 15 is 0 Å². The van der Waals surface area contributed by atoms with E-state index < -0.39 is 0 Å². The number of para-hydroxylation sites is 1. The zero-order valence-electron chi connectivity index (χ0n) is 9.61. The second-order valence-corrected chi connectivity index (χ2v) is 4.98. The molecule has 5 heteroatoms. The molecule has 1 aromatic carbocycles. The molecule has 92 valence electrons. The highest BCUT2D eigenvalue weighted by Crippen LogP contribution is 2.33. The highest BCUT2D eigenvalue weighted by molar-refractivity contribution is 7.81. The smallest absolute Gasteiger partial charge is 0.228 e. The van der Waals surface area contributed by atoms with Gasteiger partial charge >= 0.3 is 0 Å². The zero-order valence-corrected chi connectivity index (χ0v) is 10.5. The summed E-state index contributed by atoms with van der Waals surface area (Å²) in [6.45, 7) is 0.632. The largest absolute Gasteiger partial charge is 0.443 e. The van der Waals surface area contributed by atoms with Crippen molar-refractivity contribution in [2.75, 3.05) is 11.4 Å². The van der Waals surface area contributed by atoms with Crippen molar-refractivity contribution >= 4 is 24.2 Å². The molecule has 18 heavy (non-hydrogen) atoms. The van der Waals surface area contributed by atoms with Crippen LogP contribution in [0.2, 0.25) is 0 Å². The van der Waals surface area contributed by atoms with Gasteiger partial charge < -0.3 is 9.32 Å². The summed E-state index contributed by atoms with van der Waals surface area (Å²) in [6, 6.07) is 7.67. The maximum absolute atomic E-state index is 11.9. The molecule has 1 aromatic heterocycles. The van der Waals surface area contributed by atoms with Crippen LogP contribution in [0.5, 0.6) is 0 Å². The summed E-state index contributed by atoms with van der Waals surface area (Å²) in [5.41, 5.74) is 1.74. The number of nitrogens with zero attached hydrogens (tertiary/aromatic N) is 2. The van der Waals surface area contributed by atoms with Gasteiger partial charge in [-0.15, -0.1) is 0 Å². The van der Waals surface area contributed by atoms with Crippen LogP contribution in [0.25, 0.3) is 11.3 Å². The monoisotopic (exact) mass is 260 g/mol. The SMILES string of the molecule is O=C1CC(S)CN1c1ccccc1-c1cnco1. The minimum Gasteiger partial charge on any atom is -0.443 e. The van der Waals surface area contributed by atoms with Gasteiger partial charge in [-0.3, -0.25) is 4.79 Å². The number of aromatic nitrogens is 1. The van der Waals surface area contributed by atoms with Crippen LogP contribution < -0.4 is 4.90 Å². The molecule has 3 rings (SSSR count). The predicted octanol–water partition coefficient (Wildman–Crippen LogP) is 2.38. The molecule has 1 atom stereocenters. The number of thiol groups is 1. The minimum atomic E-state index is 0.0975. The molecule has 1 saturated heterocycles. The van der Waals surface area contributed by atoms with E-state index in [1.807, 2.05) is 24.3 Å². The zero-order chi connectivity index (χ0) is 12.5. The Kier molecular flexibility index (Phi) is 2.83. The molecule has 1 unspecified atom stereocenters. The van der Waals surface area contributed by atoms with Gasteiger partial charge in [0.05, 0.1) is 11.9 Å². The van der Waals surface area contributed by atoms with Gasteiger partial charge in [-0.25, -0.2) is 4.98 Å². The van der Waals surface area contributed by atoms with Crippen LogP contribution in [0.15, 0.2) is 41.3 Å². The fraction of sp³-hybridized carbons (Fsp3) is 0.231. The van der Waals surface area contributed by atoms with Gasteiger partial charge in [0.2, 0.25) is 5.91 Å². The van der Waals surface area contributed by atoms with E-state index in [0.717, 1.165) is 11.3 Å². The lowest BCUT2D eigenvalue weighted by molar-refractivity contribution is -0.117. The van der Waals surface area contributed by atoms with E-state index in [0.29, 0.717) is 18.7 Å². The standard InChI is InChI=1S/C13H12N2O2S/c16-13-5-9(18)7-15(13)11-4-2-1-3-10(11)12-6-14-8-17-12/h1-4,6,8-9,18H,5,7H2.